The molecular weight excluding hydrogens is 143 g/mol. The molecule has 48 valence electrons. The Morgan fingerprint density at radius 3 is 2.62 bits per heavy atom. The second-order valence-electron chi connectivity index (χ2n) is 0.442. The minimum atomic E-state index is 1.62. The lowest BCUT2D eigenvalue weighted by Crippen LogP contribution is -1.85. The quantitative estimate of drug-likeness (QED) is 0.159. The van der Waals surface area contributed by atoms with Gasteiger partial charge in [0.25, 0.3) is 0 Å². The van der Waals surface area contributed by atoms with E-state index in [1.165, 1.54) is 0 Å². The summed E-state index contributed by atoms with van der Waals surface area (Å²) in [5.74, 6) is 0. The van der Waals surface area contributed by atoms with Crippen molar-refractivity contribution < 1.29 is 23.9 Å². The van der Waals surface area contributed by atoms with Crippen molar-refractivity contribution >= 4 is 12.9 Å². The molecule has 0 bridgehead atoms. The van der Waals surface area contributed by atoms with Crippen LogP contribution in [-0.2, 0) is 19.4 Å². The van der Waals surface area contributed by atoms with E-state index in [4.69, 9.17) is 0 Å². The van der Waals surface area contributed by atoms with Crippen molar-refractivity contribution in [2.75, 3.05) is 0 Å². The first-order chi connectivity index (χ1) is 3.91. The van der Waals surface area contributed by atoms with Crippen LogP contribution in [0.15, 0.2) is 10.6 Å². The highest BCUT2D eigenvalue weighted by Crippen LogP contribution is 1.86. The van der Waals surface area contributed by atoms with Crippen molar-refractivity contribution in [1.29, 1.82) is 0 Å². The predicted molar refractivity (Wildman–Crippen MR) is 19.3 cm³/mol. The molecule has 0 aliphatic carbocycles. The van der Waals surface area contributed by atoms with E-state index in [1.807, 2.05) is 0 Å². The van der Waals surface area contributed by atoms with Gasteiger partial charge in [-0.2, -0.15) is 4.99 Å². The molecule has 0 aliphatic rings. The first-order valence-electron chi connectivity index (χ1n) is 1.23. The lowest BCUT2D eigenvalue weighted by atomic mass is 13.0. The van der Waals surface area contributed by atoms with E-state index in [0.29, 0.717) is 0 Å². The lowest BCUT2D eigenvalue weighted by Gasteiger charge is -1.86. The fraction of sp³-hybridized carbons (Fsp3) is 0. The normalized spacial score (nSPS) is 10.2. The summed E-state index contributed by atoms with van der Waals surface area (Å²) < 4.78 is 14.1. The van der Waals surface area contributed by atoms with Crippen molar-refractivity contribution in [3.63, 3.8) is 0 Å². The molecule has 0 spiro atoms. The van der Waals surface area contributed by atoms with Crippen LogP contribution in [0.2, 0.25) is 0 Å². The van der Waals surface area contributed by atoms with Crippen molar-refractivity contribution in [2.45, 2.75) is 0 Å². The molecule has 6 nitrogen and oxygen atoms in total. The first kappa shape index (κ1) is 7.56. The molecule has 0 fully saturated rings. The van der Waals surface area contributed by atoms with Gasteiger partial charge in [-0.05, 0) is 5.04 Å². The van der Waals surface area contributed by atoms with E-state index in [0.717, 1.165) is 0 Å². The summed E-state index contributed by atoms with van der Waals surface area (Å²) in [5, 5.41) is 10.7. The molecule has 0 atom stereocenters. The fourth-order valence-electron chi connectivity index (χ4n) is 0.0511. The molecule has 0 N–H and O–H groups in total. The van der Waals surface area contributed by atoms with Gasteiger partial charge in [-0.15, -0.1) is 4.33 Å². The average molecular weight is 144 g/mol. The molecule has 0 saturated carbocycles. The Hall–Kier alpha value is -0.440. The molecule has 0 amide bonds. The molecule has 8 heavy (non-hydrogen) atoms. The summed E-state index contributed by atoms with van der Waals surface area (Å²) in [6.07, 6.45) is 0. The van der Waals surface area contributed by atoms with E-state index in [1.54, 1.807) is 5.34 Å². The predicted octanol–water partition coefficient (Wildman–Crippen LogP) is 0.894. The topological polar surface area (TPSA) is 61.6 Å². The van der Waals surface area contributed by atoms with Crippen LogP contribution in [-0.4, -0.2) is 0 Å². The Kier molecular flexibility index (Phi) is 6.20. The molecule has 0 aromatic rings. The zero-order valence-corrected chi connectivity index (χ0v) is 4.25. The number of thiol groups is 1. The van der Waals surface area contributed by atoms with Crippen LogP contribution in [0.25, 0.3) is 0 Å². The van der Waals surface area contributed by atoms with Gasteiger partial charge in [-0.25, -0.2) is 0 Å². The van der Waals surface area contributed by atoms with Gasteiger partial charge in [-0.1, -0.05) is 4.48 Å². The second kappa shape index (κ2) is 6.56. The first-order valence-corrected chi connectivity index (χ1v) is 1.60. The third kappa shape index (κ3) is 5.56. The maximum Gasteiger partial charge on any atom is 0.0983 e. The van der Waals surface area contributed by atoms with E-state index < -0.39 is 0 Å². The summed E-state index contributed by atoms with van der Waals surface area (Å²) in [6.45, 7) is 0. The number of halogens is 1. The molecule has 0 heterocycles. The maximum atomic E-state index is 10.6. The van der Waals surface area contributed by atoms with Crippen LogP contribution in [0, 0.1) is 0 Å². The summed E-state index contributed by atoms with van der Waals surface area (Å²) in [5.41, 5.74) is 0. The van der Waals surface area contributed by atoms with Gasteiger partial charge in [0.2, 0.25) is 0 Å². The number of hydrogen-bond acceptors (Lipinski definition) is 7. The van der Waals surface area contributed by atoms with Gasteiger partial charge < -0.3 is 0 Å². The minimum Gasteiger partial charge on any atom is -0.164 e. The second-order valence-corrected chi connectivity index (χ2v) is 0.591. The van der Waals surface area contributed by atoms with Gasteiger partial charge in [-0.3, -0.25) is 0 Å². The summed E-state index contributed by atoms with van der Waals surface area (Å²) in [4.78, 5) is 3.41. The lowest BCUT2D eigenvalue weighted by molar-refractivity contribution is -0.607. The van der Waals surface area contributed by atoms with Gasteiger partial charge in [0.15, 0.2) is 0 Å². The zero-order valence-electron chi connectivity index (χ0n) is 3.35. The van der Waals surface area contributed by atoms with Crippen molar-refractivity contribution in [1.82, 2.24) is 0 Å². The highest BCUT2D eigenvalue weighted by atomic mass is 32.1. The van der Waals surface area contributed by atoms with E-state index in [9.17, 15) is 4.48 Å². The molecule has 0 rings (SSSR count). The van der Waals surface area contributed by atoms with Crippen LogP contribution in [0.3, 0.4) is 0 Å². The number of hydrogen-bond donors (Lipinski definition) is 1. The molecule has 8 heteroatoms. The Morgan fingerprint density at radius 2 is 2.12 bits per heavy atom. The van der Waals surface area contributed by atoms with Crippen molar-refractivity contribution in [3.8, 4) is 0 Å². The largest absolute Gasteiger partial charge is 0.164 e. The molecule has 0 aliphatic heterocycles. The average Bonchev–Trinajstić information content (AvgIpc) is 1.81. The Balaban J connectivity index is 2.72. The maximum absolute atomic E-state index is 10.6. The molecule has 0 aromatic heterocycles. The van der Waals surface area contributed by atoms with Gasteiger partial charge in [0.05, 0.1) is 10.6 Å². The number of nitrogens with zero attached hydrogens (tertiary/aromatic N) is 2. The SMILES string of the molecule is F/N=N/OOOOS. The smallest absolute Gasteiger partial charge is 0.0983 e. The molecule has 0 radical (unpaired) electrons. The highest BCUT2D eigenvalue weighted by molar-refractivity contribution is 7.74. The van der Waals surface area contributed by atoms with Crippen LogP contribution in [0.1, 0.15) is 0 Å². The van der Waals surface area contributed by atoms with Crippen LogP contribution in [0.4, 0.5) is 4.48 Å². The molecular formula is HFN2O4S. The van der Waals surface area contributed by atoms with E-state index in [-0.39, 0.29) is 0 Å². The van der Waals surface area contributed by atoms with Crippen molar-refractivity contribution in [2.24, 2.45) is 10.6 Å². The Labute approximate surface area is 48.5 Å². The summed E-state index contributed by atoms with van der Waals surface area (Å²) in [6, 6.07) is 0. The Morgan fingerprint density at radius 1 is 1.38 bits per heavy atom. The third-order valence-corrected chi connectivity index (χ3v) is 0.214. The van der Waals surface area contributed by atoms with Gasteiger partial charge in [0, 0.05) is 17.9 Å². The number of rotatable bonds is 4. The Bertz CT molecular complexity index is 67.1. The van der Waals surface area contributed by atoms with E-state index >= 15 is 0 Å². The minimum absolute atomic E-state index is 1.62. The van der Waals surface area contributed by atoms with E-state index in [2.05, 4.69) is 37.6 Å². The van der Waals surface area contributed by atoms with Gasteiger partial charge >= 0.3 is 0 Å². The standard InChI is InChI=1S/FHN2O4S/c1-2-3-4-5-6-7-8/h8H/b3-2+. The van der Waals surface area contributed by atoms with Gasteiger partial charge in [0.1, 0.15) is 0 Å². The fourth-order valence-corrected chi connectivity index (χ4v) is 0.0759. The summed E-state index contributed by atoms with van der Waals surface area (Å²) in [7, 11) is 0. The monoisotopic (exact) mass is 144 g/mol. The molecule has 0 unspecified atom stereocenters. The third-order valence-electron chi connectivity index (χ3n) is 0.153. The molecule has 0 aromatic carbocycles. The highest BCUT2D eigenvalue weighted by Gasteiger charge is 1.81. The molecule has 0 saturated heterocycles. The van der Waals surface area contributed by atoms with Crippen LogP contribution < -0.4 is 0 Å². The van der Waals surface area contributed by atoms with Crippen molar-refractivity contribution in [3.05, 3.63) is 0 Å². The van der Waals surface area contributed by atoms with Crippen LogP contribution >= 0.6 is 12.9 Å². The zero-order chi connectivity index (χ0) is 6.24. The summed E-state index contributed by atoms with van der Waals surface area (Å²) >= 11 is 3.03. The van der Waals surface area contributed by atoms with Crippen LogP contribution in [0.5, 0.6) is 0 Å².